The van der Waals surface area contributed by atoms with Crippen LogP contribution in [0, 0.1) is 12.3 Å². The third-order valence-corrected chi connectivity index (χ3v) is 4.80. The van der Waals surface area contributed by atoms with Crippen LogP contribution in [0.1, 0.15) is 19.4 Å². The second-order valence-electron chi connectivity index (χ2n) is 6.38. The van der Waals surface area contributed by atoms with Crippen molar-refractivity contribution in [2.24, 2.45) is 0 Å². The van der Waals surface area contributed by atoms with Crippen molar-refractivity contribution in [3.63, 3.8) is 0 Å². The highest BCUT2D eigenvalue weighted by Gasteiger charge is 2.19. The Morgan fingerprint density at radius 2 is 2.00 bits per heavy atom. The van der Waals surface area contributed by atoms with Crippen LogP contribution in [-0.2, 0) is 4.74 Å². The fourth-order valence-corrected chi connectivity index (χ4v) is 3.31. The fraction of sp³-hybridized carbons (Fsp3) is 0.250. The number of thioether (sulfide) groups is 1. The molecule has 146 valence electrons. The minimum absolute atomic E-state index is 0.161. The molecule has 1 heterocycles. The van der Waals surface area contributed by atoms with E-state index in [9.17, 15) is 4.79 Å². The molecule has 1 amide bonds. The van der Waals surface area contributed by atoms with E-state index in [1.807, 2.05) is 43.5 Å². The van der Waals surface area contributed by atoms with Crippen molar-refractivity contribution in [1.29, 1.82) is 5.41 Å². The van der Waals surface area contributed by atoms with Crippen molar-refractivity contribution in [3.8, 4) is 5.75 Å². The van der Waals surface area contributed by atoms with Crippen LogP contribution in [0.4, 0.5) is 10.7 Å². The highest BCUT2D eigenvalue weighted by Crippen LogP contribution is 2.25. The van der Waals surface area contributed by atoms with E-state index in [1.165, 1.54) is 4.57 Å². The average Bonchev–Trinajstić information content (AvgIpc) is 2.98. The van der Waals surface area contributed by atoms with E-state index in [1.54, 1.807) is 37.7 Å². The van der Waals surface area contributed by atoms with Crippen LogP contribution in [0.25, 0.3) is 11.0 Å². The summed E-state index contributed by atoms with van der Waals surface area (Å²) in [5.41, 5.74) is 2.33. The summed E-state index contributed by atoms with van der Waals surface area (Å²) < 4.78 is 12.3. The molecule has 0 radical (unpaired) electrons. The predicted molar refractivity (Wildman–Crippen MR) is 112 cm³/mol. The number of fused-ring (bicyclic) bond motifs is 1. The minimum atomic E-state index is -0.639. The largest absolute Gasteiger partial charge is 0.447 e. The smallest absolute Gasteiger partial charge is 0.414 e. The maximum absolute atomic E-state index is 12.0. The Labute approximate surface area is 167 Å². The van der Waals surface area contributed by atoms with Crippen LogP contribution >= 0.6 is 11.8 Å². The summed E-state index contributed by atoms with van der Waals surface area (Å²) in [5, 5.41) is 11.1. The first kappa shape index (κ1) is 19.8. The standard InChI is InChI=1S/C20H22N4O3S/c1-12(2)26-20(25)23-19-22-15-7-5-6-8-16(15)24(19)18(21)27-14-9-10-17(28-4)13(3)11-14/h5-12,21H,1-4H3,(H,22,23,25). The van der Waals surface area contributed by atoms with Crippen molar-refractivity contribution < 1.29 is 14.3 Å². The van der Waals surface area contributed by atoms with Gasteiger partial charge in [-0.2, -0.15) is 0 Å². The quantitative estimate of drug-likeness (QED) is 0.371. The molecule has 28 heavy (non-hydrogen) atoms. The molecule has 2 aromatic carbocycles. The summed E-state index contributed by atoms with van der Waals surface area (Å²) in [6, 6.07) is 12.7. The van der Waals surface area contributed by atoms with Gasteiger partial charge in [-0.25, -0.2) is 14.3 Å². The number of carbonyl (C=O) groups excluding carboxylic acids is 1. The summed E-state index contributed by atoms with van der Waals surface area (Å²) in [7, 11) is 0. The van der Waals surface area contributed by atoms with Crippen LogP contribution in [-0.4, -0.2) is 34.0 Å². The maximum Gasteiger partial charge on any atom is 0.414 e. The van der Waals surface area contributed by atoms with E-state index in [-0.39, 0.29) is 18.1 Å². The second kappa shape index (κ2) is 8.35. The van der Waals surface area contributed by atoms with Gasteiger partial charge in [0.1, 0.15) is 5.75 Å². The van der Waals surface area contributed by atoms with Gasteiger partial charge in [-0.1, -0.05) is 12.1 Å². The third kappa shape index (κ3) is 4.28. The number of imidazole rings is 1. The lowest BCUT2D eigenvalue weighted by Gasteiger charge is -2.13. The van der Waals surface area contributed by atoms with Crippen molar-refractivity contribution in [2.75, 3.05) is 11.6 Å². The number of para-hydroxylation sites is 2. The summed E-state index contributed by atoms with van der Waals surface area (Å²) in [4.78, 5) is 17.6. The zero-order chi connectivity index (χ0) is 20.3. The van der Waals surface area contributed by atoms with E-state index in [0.717, 1.165) is 10.5 Å². The van der Waals surface area contributed by atoms with Crippen LogP contribution < -0.4 is 10.1 Å². The Hall–Kier alpha value is -3.00. The molecule has 0 aliphatic carbocycles. The van der Waals surface area contributed by atoms with E-state index in [0.29, 0.717) is 16.8 Å². The van der Waals surface area contributed by atoms with Crippen LogP contribution in [0.15, 0.2) is 47.4 Å². The van der Waals surface area contributed by atoms with E-state index < -0.39 is 6.09 Å². The van der Waals surface area contributed by atoms with Gasteiger partial charge in [0.15, 0.2) is 0 Å². The third-order valence-electron chi connectivity index (χ3n) is 3.90. The number of nitrogens with one attached hydrogen (secondary N) is 2. The highest BCUT2D eigenvalue weighted by molar-refractivity contribution is 7.98. The fourth-order valence-electron chi connectivity index (χ4n) is 2.72. The first-order valence-electron chi connectivity index (χ1n) is 8.75. The van der Waals surface area contributed by atoms with Crippen LogP contribution in [0.3, 0.4) is 0 Å². The molecular formula is C20H22N4O3S. The van der Waals surface area contributed by atoms with E-state index in [4.69, 9.17) is 14.9 Å². The Kier molecular flexibility index (Phi) is 5.89. The van der Waals surface area contributed by atoms with E-state index in [2.05, 4.69) is 10.3 Å². The first-order valence-corrected chi connectivity index (χ1v) is 9.98. The summed E-state index contributed by atoms with van der Waals surface area (Å²) >= 11 is 1.65. The molecule has 0 saturated heterocycles. The monoisotopic (exact) mass is 398 g/mol. The molecule has 0 atom stereocenters. The number of hydrogen-bond acceptors (Lipinski definition) is 6. The number of carbonyl (C=O) groups is 1. The Morgan fingerprint density at radius 1 is 1.25 bits per heavy atom. The molecular weight excluding hydrogens is 376 g/mol. The van der Waals surface area contributed by atoms with Gasteiger partial charge in [0.2, 0.25) is 5.95 Å². The zero-order valence-electron chi connectivity index (χ0n) is 16.1. The SMILES string of the molecule is CSc1ccc(OC(=N)n2c(NC(=O)OC(C)C)nc3ccccc32)cc1C. The summed E-state index contributed by atoms with van der Waals surface area (Å²) in [5.74, 6) is 0.697. The lowest BCUT2D eigenvalue weighted by molar-refractivity contribution is 0.129. The van der Waals surface area contributed by atoms with Crippen LogP contribution in [0.2, 0.25) is 0 Å². The molecule has 1 aromatic heterocycles. The van der Waals surface area contributed by atoms with Gasteiger partial charge in [-0.3, -0.25) is 10.7 Å². The number of anilines is 1. The molecule has 0 fully saturated rings. The molecule has 0 aliphatic rings. The summed E-state index contributed by atoms with van der Waals surface area (Å²) in [6.45, 7) is 5.51. The highest BCUT2D eigenvalue weighted by atomic mass is 32.2. The number of aryl methyl sites for hydroxylation is 1. The van der Waals surface area contributed by atoms with Gasteiger partial charge in [-0.05, 0) is 62.9 Å². The van der Waals surface area contributed by atoms with Crippen molar-refractivity contribution in [2.45, 2.75) is 31.8 Å². The molecule has 0 saturated carbocycles. The summed E-state index contributed by atoms with van der Waals surface area (Å²) in [6.07, 6.45) is 1.10. The van der Waals surface area contributed by atoms with Crippen molar-refractivity contribution >= 4 is 40.9 Å². The normalized spacial score (nSPS) is 10.9. The van der Waals surface area contributed by atoms with Gasteiger partial charge in [0.05, 0.1) is 17.1 Å². The van der Waals surface area contributed by atoms with Gasteiger partial charge in [-0.15, -0.1) is 11.8 Å². The lowest BCUT2D eigenvalue weighted by Crippen LogP contribution is -2.24. The molecule has 8 heteroatoms. The van der Waals surface area contributed by atoms with Crippen LogP contribution in [0.5, 0.6) is 5.75 Å². The maximum atomic E-state index is 12.0. The number of amides is 1. The molecule has 3 rings (SSSR count). The number of nitrogens with zero attached hydrogens (tertiary/aromatic N) is 2. The lowest BCUT2D eigenvalue weighted by atomic mass is 10.2. The number of rotatable bonds is 4. The molecule has 2 N–H and O–H groups in total. The molecule has 0 aliphatic heterocycles. The van der Waals surface area contributed by atoms with E-state index >= 15 is 0 Å². The number of benzene rings is 2. The van der Waals surface area contributed by atoms with Gasteiger partial charge < -0.3 is 9.47 Å². The molecule has 0 bridgehead atoms. The number of hydrogen-bond donors (Lipinski definition) is 2. The first-order chi connectivity index (χ1) is 13.4. The second-order valence-corrected chi connectivity index (χ2v) is 7.23. The molecule has 0 unspecified atom stereocenters. The number of ether oxygens (including phenoxy) is 2. The van der Waals surface area contributed by atoms with Gasteiger partial charge in [0.25, 0.3) is 0 Å². The van der Waals surface area contributed by atoms with Gasteiger partial charge >= 0.3 is 12.1 Å². The molecule has 3 aromatic rings. The topological polar surface area (TPSA) is 89.2 Å². The predicted octanol–water partition coefficient (Wildman–Crippen LogP) is 4.89. The Bertz CT molecular complexity index is 1030. The Balaban J connectivity index is 1.93. The zero-order valence-corrected chi connectivity index (χ0v) is 17.0. The molecule has 0 spiro atoms. The Morgan fingerprint density at radius 3 is 2.68 bits per heavy atom. The van der Waals surface area contributed by atoms with Crippen molar-refractivity contribution in [1.82, 2.24) is 9.55 Å². The van der Waals surface area contributed by atoms with Gasteiger partial charge in [0, 0.05) is 4.90 Å². The average molecular weight is 398 g/mol. The molecule has 7 nitrogen and oxygen atoms in total. The number of aromatic nitrogens is 2. The minimum Gasteiger partial charge on any atom is -0.447 e. The van der Waals surface area contributed by atoms with Crippen molar-refractivity contribution in [3.05, 3.63) is 48.0 Å².